The second-order valence-electron chi connectivity index (χ2n) is 6.63. The van der Waals surface area contributed by atoms with E-state index in [9.17, 15) is 0 Å². The number of aromatic nitrogens is 4. The molecule has 1 N–H and O–H groups in total. The minimum atomic E-state index is -0.248. The minimum absolute atomic E-state index is 0.248. The normalized spacial score (nSPS) is 12.1. The number of benzene rings is 1. The second-order valence-corrected chi connectivity index (χ2v) is 7.74. The van der Waals surface area contributed by atoms with Crippen LogP contribution in [0.4, 0.5) is 5.82 Å². The average molecular weight is 410 g/mol. The molecule has 8 heteroatoms. The van der Waals surface area contributed by atoms with E-state index in [1.54, 1.807) is 38.1 Å². The molecule has 0 amide bonds. The van der Waals surface area contributed by atoms with Gasteiger partial charge in [-0.15, -0.1) is 11.3 Å². The highest BCUT2D eigenvalue weighted by atomic mass is 32.1. The number of aryl methyl sites for hydroxylation is 2. The van der Waals surface area contributed by atoms with Gasteiger partial charge in [-0.25, -0.2) is 15.0 Å². The van der Waals surface area contributed by atoms with Gasteiger partial charge in [0.2, 0.25) is 0 Å². The summed E-state index contributed by atoms with van der Waals surface area (Å²) in [7, 11) is 5.27. The third-order valence-corrected chi connectivity index (χ3v) is 6.02. The highest BCUT2D eigenvalue weighted by Crippen LogP contribution is 2.34. The first kappa shape index (κ1) is 19.2. The maximum absolute atomic E-state index is 5.47. The zero-order valence-electron chi connectivity index (χ0n) is 16.8. The number of thiophene rings is 1. The van der Waals surface area contributed by atoms with Crippen LogP contribution in [0.15, 0.2) is 43.0 Å². The van der Waals surface area contributed by atoms with E-state index in [-0.39, 0.29) is 6.04 Å². The molecule has 4 aromatic rings. The predicted molar refractivity (Wildman–Crippen MR) is 115 cm³/mol. The molecule has 0 radical (unpaired) electrons. The summed E-state index contributed by atoms with van der Waals surface area (Å²) in [5.41, 5.74) is 0.966. The molecule has 3 aromatic heterocycles. The van der Waals surface area contributed by atoms with E-state index in [4.69, 9.17) is 9.47 Å². The Morgan fingerprint density at radius 1 is 1.07 bits per heavy atom. The first-order chi connectivity index (χ1) is 14.1. The zero-order valence-corrected chi connectivity index (χ0v) is 17.7. The maximum Gasteiger partial charge on any atom is 0.139 e. The lowest BCUT2D eigenvalue weighted by molar-refractivity contribution is 0.393. The van der Waals surface area contributed by atoms with Crippen LogP contribution in [0.1, 0.15) is 29.2 Å². The smallest absolute Gasteiger partial charge is 0.139 e. The third kappa shape index (κ3) is 3.75. The van der Waals surface area contributed by atoms with Crippen molar-refractivity contribution < 1.29 is 9.47 Å². The van der Waals surface area contributed by atoms with Crippen LogP contribution in [0, 0.1) is 0 Å². The number of hydrogen-bond donors (Lipinski definition) is 1. The van der Waals surface area contributed by atoms with Crippen molar-refractivity contribution in [2.75, 3.05) is 19.5 Å². The van der Waals surface area contributed by atoms with Crippen molar-refractivity contribution in [3.63, 3.8) is 0 Å². The van der Waals surface area contributed by atoms with Crippen molar-refractivity contribution in [1.29, 1.82) is 0 Å². The van der Waals surface area contributed by atoms with Gasteiger partial charge in [0.25, 0.3) is 0 Å². The van der Waals surface area contributed by atoms with Gasteiger partial charge < -0.3 is 19.4 Å². The molecule has 0 saturated carbocycles. The van der Waals surface area contributed by atoms with Crippen molar-refractivity contribution in [3.8, 4) is 11.5 Å². The minimum Gasteiger partial charge on any atom is -0.497 e. The summed E-state index contributed by atoms with van der Waals surface area (Å²) >= 11 is 1.70. The molecule has 4 rings (SSSR count). The number of ether oxygens (including phenoxy) is 2. The number of methoxy groups -OCH3 is 2. The molecule has 1 aromatic carbocycles. The maximum atomic E-state index is 5.47. The monoisotopic (exact) mass is 409 g/mol. The summed E-state index contributed by atoms with van der Waals surface area (Å²) in [6.07, 6.45) is 6.28. The number of fused-ring (bicyclic) bond motifs is 1. The van der Waals surface area contributed by atoms with Gasteiger partial charge in [0.15, 0.2) is 0 Å². The van der Waals surface area contributed by atoms with Gasteiger partial charge in [0.1, 0.15) is 40.3 Å². The summed E-state index contributed by atoms with van der Waals surface area (Å²) in [5.74, 6) is 3.08. The SMILES string of the molecule is CCc1cc2c(NC(c3cc(OC)cc(OC)c3)c3nccn3C)ncnc2s1. The van der Waals surface area contributed by atoms with Gasteiger partial charge in [0.05, 0.1) is 19.6 Å². The Morgan fingerprint density at radius 3 is 2.45 bits per heavy atom. The molecule has 3 heterocycles. The number of imidazole rings is 1. The number of rotatable bonds is 7. The average Bonchev–Trinajstić information content (AvgIpc) is 3.37. The molecule has 7 nitrogen and oxygen atoms in total. The molecule has 0 bridgehead atoms. The zero-order chi connectivity index (χ0) is 20.4. The summed E-state index contributed by atoms with van der Waals surface area (Å²) < 4.78 is 12.9. The molecule has 1 unspecified atom stereocenters. The fraction of sp³-hybridized carbons (Fsp3) is 0.286. The number of nitrogens with zero attached hydrogens (tertiary/aromatic N) is 4. The van der Waals surface area contributed by atoms with Crippen LogP contribution in [0.2, 0.25) is 0 Å². The van der Waals surface area contributed by atoms with Crippen LogP contribution in [-0.2, 0) is 13.5 Å². The van der Waals surface area contributed by atoms with E-state index in [0.29, 0.717) is 0 Å². The standard InChI is InChI=1S/C21H23N5O2S/c1-5-16-11-17-19(23-12-24-21(17)29-16)25-18(20-22-6-7-26(20)2)13-8-14(27-3)10-15(9-13)28-4/h6-12,18H,5H2,1-4H3,(H,23,24,25). The highest BCUT2D eigenvalue weighted by molar-refractivity contribution is 7.18. The fourth-order valence-electron chi connectivity index (χ4n) is 3.28. The van der Waals surface area contributed by atoms with Crippen molar-refractivity contribution in [3.05, 3.63) is 59.3 Å². The molecule has 0 aliphatic carbocycles. The van der Waals surface area contributed by atoms with Gasteiger partial charge in [-0.3, -0.25) is 0 Å². The van der Waals surface area contributed by atoms with E-state index in [2.05, 4.69) is 33.3 Å². The number of hydrogen-bond acceptors (Lipinski definition) is 7. The van der Waals surface area contributed by atoms with E-state index < -0.39 is 0 Å². The number of anilines is 1. The third-order valence-electron chi connectivity index (χ3n) is 4.83. The van der Waals surface area contributed by atoms with Gasteiger partial charge in [-0.05, 0) is 30.2 Å². The first-order valence-electron chi connectivity index (χ1n) is 9.33. The lowest BCUT2D eigenvalue weighted by Gasteiger charge is -2.21. The fourth-order valence-corrected chi connectivity index (χ4v) is 4.21. The summed E-state index contributed by atoms with van der Waals surface area (Å²) in [6.45, 7) is 2.14. The Labute approximate surface area is 173 Å². The van der Waals surface area contributed by atoms with Gasteiger partial charge >= 0.3 is 0 Å². The Bertz CT molecular complexity index is 1120. The Kier molecular flexibility index (Phi) is 5.35. The molecule has 0 aliphatic heterocycles. The molecular weight excluding hydrogens is 386 g/mol. The lowest BCUT2D eigenvalue weighted by Crippen LogP contribution is -2.18. The van der Waals surface area contributed by atoms with Crippen molar-refractivity contribution >= 4 is 27.4 Å². The first-order valence-corrected chi connectivity index (χ1v) is 10.1. The van der Waals surface area contributed by atoms with Crippen molar-refractivity contribution in [2.45, 2.75) is 19.4 Å². The van der Waals surface area contributed by atoms with E-state index in [1.165, 1.54) is 4.88 Å². The summed E-state index contributed by atoms with van der Waals surface area (Å²) in [5, 5.41) is 4.60. The van der Waals surface area contributed by atoms with E-state index in [1.807, 2.05) is 36.0 Å². The topological polar surface area (TPSA) is 74.1 Å². The quantitative estimate of drug-likeness (QED) is 0.493. The molecule has 0 aliphatic rings. The van der Waals surface area contributed by atoms with Crippen LogP contribution in [0.25, 0.3) is 10.2 Å². The summed E-state index contributed by atoms with van der Waals surface area (Å²) in [6, 6.07) is 7.73. The van der Waals surface area contributed by atoms with Crippen LogP contribution in [0.3, 0.4) is 0 Å². The van der Waals surface area contributed by atoms with E-state index >= 15 is 0 Å². The summed E-state index contributed by atoms with van der Waals surface area (Å²) in [4.78, 5) is 15.8. The predicted octanol–water partition coefficient (Wildman–Crippen LogP) is 4.21. The van der Waals surface area contributed by atoms with Crippen LogP contribution in [-0.4, -0.2) is 33.7 Å². The number of nitrogens with one attached hydrogen (secondary N) is 1. The molecular formula is C21H23N5O2S. The second kappa shape index (κ2) is 8.08. The van der Waals surface area contributed by atoms with Crippen LogP contribution < -0.4 is 14.8 Å². The molecule has 0 spiro atoms. The van der Waals surface area contributed by atoms with Gasteiger partial charge in [-0.1, -0.05) is 6.92 Å². The molecule has 150 valence electrons. The Hall–Kier alpha value is -3.13. The van der Waals surface area contributed by atoms with Crippen molar-refractivity contribution in [2.24, 2.45) is 7.05 Å². The molecule has 0 saturated heterocycles. The van der Waals surface area contributed by atoms with Crippen LogP contribution >= 0.6 is 11.3 Å². The highest BCUT2D eigenvalue weighted by Gasteiger charge is 2.22. The Balaban J connectivity index is 1.83. The van der Waals surface area contributed by atoms with Gasteiger partial charge in [-0.2, -0.15) is 0 Å². The van der Waals surface area contributed by atoms with E-state index in [0.717, 1.165) is 45.3 Å². The Morgan fingerprint density at radius 2 is 1.83 bits per heavy atom. The van der Waals surface area contributed by atoms with Crippen LogP contribution in [0.5, 0.6) is 11.5 Å². The van der Waals surface area contributed by atoms with Crippen molar-refractivity contribution in [1.82, 2.24) is 19.5 Å². The lowest BCUT2D eigenvalue weighted by atomic mass is 10.0. The molecule has 29 heavy (non-hydrogen) atoms. The molecule has 0 fully saturated rings. The molecule has 1 atom stereocenters. The van der Waals surface area contributed by atoms with Gasteiger partial charge in [0, 0.05) is 30.4 Å². The largest absolute Gasteiger partial charge is 0.497 e.